The SMILES string of the molecule is Nc1cc(F)ccc1SCc1ccncc1. The van der Waals surface area contributed by atoms with E-state index in [9.17, 15) is 4.39 Å². The Hall–Kier alpha value is -1.55. The van der Waals surface area contributed by atoms with E-state index >= 15 is 0 Å². The molecule has 82 valence electrons. The highest BCUT2D eigenvalue weighted by atomic mass is 32.2. The third-order valence-electron chi connectivity index (χ3n) is 2.12. The summed E-state index contributed by atoms with van der Waals surface area (Å²) >= 11 is 1.59. The van der Waals surface area contributed by atoms with Crippen LogP contribution in [0.1, 0.15) is 5.56 Å². The molecule has 0 amide bonds. The number of pyridine rings is 1. The van der Waals surface area contributed by atoms with Gasteiger partial charge in [-0.05, 0) is 35.9 Å². The Morgan fingerprint density at radius 2 is 1.94 bits per heavy atom. The van der Waals surface area contributed by atoms with Crippen LogP contribution in [-0.2, 0) is 5.75 Å². The fourth-order valence-corrected chi connectivity index (χ4v) is 2.20. The fourth-order valence-electron chi connectivity index (χ4n) is 1.29. The van der Waals surface area contributed by atoms with Crippen LogP contribution in [-0.4, -0.2) is 4.98 Å². The van der Waals surface area contributed by atoms with Crippen LogP contribution in [0.3, 0.4) is 0 Å². The van der Waals surface area contributed by atoms with Crippen LogP contribution in [0.2, 0.25) is 0 Å². The molecule has 0 radical (unpaired) electrons. The number of benzene rings is 1. The number of hydrogen-bond acceptors (Lipinski definition) is 3. The molecule has 2 rings (SSSR count). The van der Waals surface area contributed by atoms with Gasteiger partial charge in [0.2, 0.25) is 0 Å². The molecule has 0 bridgehead atoms. The van der Waals surface area contributed by atoms with Crippen LogP contribution in [0.4, 0.5) is 10.1 Å². The van der Waals surface area contributed by atoms with Crippen molar-refractivity contribution in [3.05, 3.63) is 54.1 Å². The minimum atomic E-state index is -0.300. The van der Waals surface area contributed by atoms with Crippen LogP contribution in [0.15, 0.2) is 47.6 Å². The zero-order chi connectivity index (χ0) is 11.4. The summed E-state index contributed by atoms with van der Waals surface area (Å²) in [5.41, 5.74) is 7.37. The van der Waals surface area contributed by atoms with Crippen molar-refractivity contribution in [3.8, 4) is 0 Å². The second-order valence-electron chi connectivity index (χ2n) is 3.33. The molecule has 0 spiro atoms. The quantitative estimate of drug-likeness (QED) is 0.655. The highest BCUT2D eigenvalue weighted by molar-refractivity contribution is 7.98. The molecule has 0 aliphatic heterocycles. The van der Waals surface area contributed by atoms with Gasteiger partial charge in [-0.1, -0.05) is 0 Å². The van der Waals surface area contributed by atoms with E-state index in [0.717, 1.165) is 10.6 Å². The van der Waals surface area contributed by atoms with Crippen LogP contribution < -0.4 is 5.73 Å². The molecule has 0 fully saturated rings. The van der Waals surface area contributed by atoms with Crippen LogP contribution in [0.25, 0.3) is 0 Å². The molecule has 4 heteroatoms. The van der Waals surface area contributed by atoms with Crippen LogP contribution in [0, 0.1) is 5.82 Å². The van der Waals surface area contributed by atoms with Crippen molar-refractivity contribution in [1.29, 1.82) is 0 Å². The van der Waals surface area contributed by atoms with Crippen molar-refractivity contribution in [2.24, 2.45) is 0 Å². The van der Waals surface area contributed by atoms with E-state index < -0.39 is 0 Å². The number of nitrogens with two attached hydrogens (primary N) is 1. The normalized spacial score (nSPS) is 10.3. The second kappa shape index (κ2) is 4.99. The Balaban J connectivity index is 2.05. The molecule has 0 aliphatic carbocycles. The molecule has 16 heavy (non-hydrogen) atoms. The second-order valence-corrected chi connectivity index (χ2v) is 4.34. The molecule has 0 saturated heterocycles. The van der Waals surface area contributed by atoms with Crippen LogP contribution in [0.5, 0.6) is 0 Å². The number of nitrogen functional groups attached to an aromatic ring is 1. The Morgan fingerprint density at radius 1 is 1.19 bits per heavy atom. The molecule has 2 nitrogen and oxygen atoms in total. The number of nitrogens with zero attached hydrogens (tertiary/aromatic N) is 1. The number of rotatable bonds is 3. The molecule has 1 aromatic heterocycles. The third kappa shape index (κ3) is 2.73. The van der Waals surface area contributed by atoms with E-state index in [1.54, 1.807) is 30.2 Å². The maximum absolute atomic E-state index is 12.8. The predicted molar refractivity (Wildman–Crippen MR) is 64.6 cm³/mol. The lowest BCUT2D eigenvalue weighted by Crippen LogP contribution is -1.90. The van der Waals surface area contributed by atoms with Crippen molar-refractivity contribution < 1.29 is 4.39 Å². The lowest BCUT2D eigenvalue weighted by Gasteiger charge is -2.05. The number of anilines is 1. The van der Waals surface area contributed by atoms with Gasteiger partial charge in [0, 0.05) is 28.7 Å². The van der Waals surface area contributed by atoms with Gasteiger partial charge >= 0.3 is 0 Å². The maximum atomic E-state index is 12.8. The van der Waals surface area contributed by atoms with Gasteiger partial charge in [-0.15, -0.1) is 11.8 Å². The first-order chi connectivity index (χ1) is 7.75. The standard InChI is InChI=1S/C12H11FN2S/c13-10-1-2-12(11(14)7-10)16-8-9-3-5-15-6-4-9/h1-7H,8,14H2. The van der Waals surface area contributed by atoms with E-state index in [1.165, 1.54) is 17.7 Å². The summed E-state index contributed by atoms with van der Waals surface area (Å²) in [6.45, 7) is 0. The summed E-state index contributed by atoms with van der Waals surface area (Å²) in [6, 6.07) is 8.37. The van der Waals surface area contributed by atoms with E-state index in [1.807, 2.05) is 12.1 Å². The van der Waals surface area contributed by atoms with Gasteiger partial charge in [0.05, 0.1) is 0 Å². The monoisotopic (exact) mass is 234 g/mol. The van der Waals surface area contributed by atoms with Gasteiger partial charge in [0.25, 0.3) is 0 Å². The minimum Gasteiger partial charge on any atom is -0.398 e. The number of halogens is 1. The van der Waals surface area contributed by atoms with E-state index in [0.29, 0.717) is 5.69 Å². The Morgan fingerprint density at radius 3 is 2.62 bits per heavy atom. The first kappa shape index (κ1) is 11.0. The van der Waals surface area contributed by atoms with Crippen molar-refractivity contribution in [1.82, 2.24) is 4.98 Å². The lowest BCUT2D eigenvalue weighted by atomic mass is 10.3. The van der Waals surface area contributed by atoms with Gasteiger partial charge in [-0.3, -0.25) is 4.98 Å². The van der Waals surface area contributed by atoms with Gasteiger partial charge in [0.15, 0.2) is 0 Å². The zero-order valence-electron chi connectivity index (χ0n) is 8.56. The summed E-state index contributed by atoms with van der Waals surface area (Å²) in [7, 11) is 0. The molecule has 1 heterocycles. The molecule has 0 saturated carbocycles. The Labute approximate surface area is 97.7 Å². The summed E-state index contributed by atoms with van der Waals surface area (Å²) in [5, 5.41) is 0. The summed E-state index contributed by atoms with van der Waals surface area (Å²) in [4.78, 5) is 4.85. The van der Waals surface area contributed by atoms with E-state index in [2.05, 4.69) is 4.98 Å². The van der Waals surface area contributed by atoms with Crippen LogP contribution >= 0.6 is 11.8 Å². The van der Waals surface area contributed by atoms with Crippen molar-refractivity contribution in [2.75, 3.05) is 5.73 Å². The number of thioether (sulfide) groups is 1. The summed E-state index contributed by atoms with van der Waals surface area (Å²) < 4.78 is 12.8. The topological polar surface area (TPSA) is 38.9 Å². The Bertz CT molecular complexity index is 474. The molecule has 0 aliphatic rings. The molecule has 2 aromatic rings. The molecule has 1 aromatic carbocycles. The van der Waals surface area contributed by atoms with E-state index in [-0.39, 0.29) is 5.82 Å². The molecular weight excluding hydrogens is 223 g/mol. The number of aromatic nitrogens is 1. The first-order valence-corrected chi connectivity index (χ1v) is 5.81. The fraction of sp³-hybridized carbons (Fsp3) is 0.0833. The van der Waals surface area contributed by atoms with Gasteiger partial charge in [-0.2, -0.15) is 0 Å². The third-order valence-corrected chi connectivity index (χ3v) is 3.28. The minimum absolute atomic E-state index is 0.300. The molecule has 0 atom stereocenters. The van der Waals surface area contributed by atoms with Gasteiger partial charge in [0.1, 0.15) is 5.82 Å². The molecular formula is C12H11FN2S. The van der Waals surface area contributed by atoms with Gasteiger partial charge < -0.3 is 5.73 Å². The van der Waals surface area contributed by atoms with E-state index in [4.69, 9.17) is 5.73 Å². The summed E-state index contributed by atoms with van der Waals surface area (Å²) in [5.74, 6) is 0.504. The zero-order valence-corrected chi connectivity index (χ0v) is 9.38. The largest absolute Gasteiger partial charge is 0.398 e. The lowest BCUT2D eigenvalue weighted by molar-refractivity contribution is 0.627. The average Bonchev–Trinajstić information content (AvgIpc) is 2.29. The van der Waals surface area contributed by atoms with Crippen molar-refractivity contribution in [2.45, 2.75) is 10.6 Å². The summed E-state index contributed by atoms with van der Waals surface area (Å²) in [6.07, 6.45) is 3.51. The predicted octanol–water partition coefficient (Wildman–Crippen LogP) is 3.10. The first-order valence-electron chi connectivity index (χ1n) is 4.82. The van der Waals surface area contributed by atoms with Gasteiger partial charge in [-0.25, -0.2) is 4.39 Å². The smallest absolute Gasteiger partial charge is 0.125 e. The molecule has 2 N–H and O–H groups in total. The van der Waals surface area contributed by atoms with Crippen molar-refractivity contribution in [3.63, 3.8) is 0 Å². The average molecular weight is 234 g/mol. The number of hydrogen-bond donors (Lipinski definition) is 1. The maximum Gasteiger partial charge on any atom is 0.125 e. The highest BCUT2D eigenvalue weighted by Gasteiger charge is 2.02. The Kier molecular flexibility index (Phi) is 3.41. The molecule has 0 unspecified atom stereocenters. The highest BCUT2D eigenvalue weighted by Crippen LogP contribution is 2.28. The van der Waals surface area contributed by atoms with Crippen molar-refractivity contribution >= 4 is 17.4 Å².